The second kappa shape index (κ2) is 8.27. The van der Waals surface area contributed by atoms with Crippen molar-refractivity contribution in [2.45, 2.75) is 33.2 Å². The van der Waals surface area contributed by atoms with Crippen molar-refractivity contribution in [2.75, 3.05) is 31.1 Å². The van der Waals surface area contributed by atoms with Crippen LogP contribution in [0.1, 0.15) is 31.0 Å². The number of hydrogen-bond acceptors (Lipinski definition) is 5. The summed E-state index contributed by atoms with van der Waals surface area (Å²) in [5.74, 6) is -0.00749. The van der Waals surface area contributed by atoms with Crippen LogP contribution < -0.4 is 10.2 Å². The topological polar surface area (TPSA) is 48.5 Å². The molecule has 1 atom stereocenters. The van der Waals surface area contributed by atoms with Gasteiger partial charge in [-0.05, 0) is 50.4 Å². The number of aromatic nitrogens is 1. The van der Waals surface area contributed by atoms with E-state index in [0.29, 0.717) is 5.41 Å². The summed E-state index contributed by atoms with van der Waals surface area (Å²) in [5.41, 5.74) is 3.60. The van der Waals surface area contributed by atoms with E-state index in [9.17, 15) is 4.79 Å². The molecule has 2 saturated heterocycles. The fourth-order valence-corrected chi connectivity index (χ4v) is 5.01. The Morgan fingerprint density at radius 2 is 2.11 bits per heavy atom. The number of aryl methyl sites for hydroxylation is 1. The Balaban J connectivity index is 0.00000210. The fourth-order valence-electron chi connectivity index (χ4n) is 4.13. The van der Waals surface area contributed by atoms with Crippen LogP contribution in [0.2, 0.25) is 0 Å². The summed E-state index contributed by atoms with van der Waals surface area (Å²) in [6, 6.07) is 8.02. The van der Waals surface area contributed by atoms with Crippen LogP contribution in [0.3, 0.4) is 0 Å². The molecule has 1 spiro atoms. The Morgan fingerprint density at radius 3 is 2.78 bits per heavy atom. The maximum absolute atomic E-state index is 12.2. The van der Waals surface area contributed by atoms with Gasteiger partial charge in [0.25, 0.3) is 0 Å². The van der Waals surface area contributed by atoms with E-state index in [-0.39, 0.29) is 18.3 Å². The van der Waals surface area contributed by atoms with Gasteiger partial charge >= 0.3 is 0 Å². The van der Waals surface area contributed by atoms with E-state index >= 15 is 0 Å². The summed E-state index contributed by atoms with van der Waals surface area (Å²) in [6.45, 7) is 9.11. The molecule has 4 rings (SSSR count). The van der Waals surface area contributed by atoms with E-state index in [0.717, 1.165) is 49.2 Å². The van der Waals surface area contributed by atoms with E-state index < -0.39 is 0 Å². The number of rotatable bonds is 4. The number of amides is 1. The molecule has 5 nitrogen and oxygen atoms in total. The van der Waals surface area contributed by atoms with Crippen molar-refractivity contribution >= 4 is 40.5 Å². The first kappa shape index (κ1) is 20.3. The van der Waals surface area contributed by atoms with Gasteiger partial charge < -0.3 is 5.32 Å². The molecule has 2 aromatic rings. The Labute approximate surface area is 171 Å². The van der Waals surface area contributed by atoms with Gasteiger partial charge in [0.2, 0.25) is 5.91 Å². The van der Waals surface area contributed by atoms with Gasteiger partial charge in [-0.3, -0.25) is 14.6 Å². The van der Waals surface area contributed by atoms with Crippen LogP contribution in [-0.4, -0.2) is 42.0 Å². The molecule has 7 heteroatoms. The first-order valence-corrected chi connectivity index (χ1v) is 10.2. The summed E-state index contributed by atoms with van der Waals surface area (Å²) in [4.78, 5) is 21.2. The van der Waals surface area contributed by atoms with Crippen molar-refractivity contribution in [3.8, 4) is 0 Å². The minimum atomic E-state index is -0.00749. The van der Waals surface area contributed by atoms with Gasteiger partial charge in [0, 0.05) is 31.9 Å². The van der Waals surface area contributed by atoms with E-state index in [1.165, 1.54) is 18.4 Å². The third kappa shape index (κ3) is 4.35. The molecule has 1 aromatic heterocycles. The molecule has 27 heavy (non-hydrogen) atoms. The first-order chi connectivity index (χ1) is 12.5. The van der Waals surface area contributed by atoms with Crippen LogP contribution in [0.25, 0.3) is 0 Å². The molecule has 2 fully saturated rings. The Kier molecular flexibility index (Phi) is 6.21. The van der Waals surface area contributed by atoms with Crippen molar-refractivity contribution in [3.05, 3.63) is 40.9 Å². The predicted molar refractivity (Wildman–Crippen MR) is 113 cm³/mol. The number of nitrogens with one attached hydrogen (secondary N) is 1. The van der Waals surface area contributed by atoms with Gasteiger partial charge in [-0.1, -0.05) is 17.7 Å². The molecule has 1 N–H and O–H groups in total. The normalized spacial score (nSPS) is 22.1. The lowest BCUT2D eigenvalue weighted by molar-refractivity contribution is -0.115. The van der Waals surface area contributed by atoms with E-state index in [1.54, 1.807) is 23.2 Å². The minimum Gasteiger partial charge on any atom is -0.316 e. The summed E-state index contributed by atoms with van der Waals surface area (Å²) in [5, 5.41) is 6.36. The number of likely N-dealkylation sites (tertiary alicyclic amines) is 1. The smallest absolute Gasteiger partial charge is 0.230 e. The second-order valence-corrected chi connectivity index (χ2v) is 8.54. The standard InChI is InChI=1S/C20H26N4OS.ClH/c1-15-3-5-18(6-4-15)24(16(2)25)19-22-17(12-26-19)11-23-10-8-20(14-23)7-9-21-13-20;/h3-6,12,21H,7-11,13-14H2,1-2H3;1H. The number of nitrogens with zero attached hydrogens (tertiary/aromatic N) is 3. The zero-order chi connectivity index (χ0) is 18.1. The minimum absolute atomic E-state index is 0. The Bertz CT molecular complexity index is 786. The summed E-state index contributed by atoms with van der Waals surface area (Å²) in [6.07, 6.45) is 2.57. The molecule has 3 heterocycles. The summed E-state index contributed by atoms with van der Waals surface area (Å²) in [7, 11) is 0. The van der Waals surface area contributed by atoms with Crippen molar-refractivity contribution < 1.29 is 4.79 Å². The van der Waals surface area contributed by atoms with Crippen LogP contribution >= 0.6 is 23.7 Å². The van der Waals surface area contributed by atoms with E-state index in [1.807, 2.05) is 31.2 Å². The molecule has 146 valence electrons. The molecule has 2 aliphatic rings. The molecule has 0 saturated carbocycles. The van der Waals surface area contributed by atoms with Crippen molar-refractivity contribution in [3.63, 3.8) is 0 Å². The highest BCUT2D eigenvalue weighted by Crippen LogP contribution is 2.37. The highest BCUT2D eigenvalue weighted by molar-refractivity contribution is 7.14. The van der Waals surface area contributed by atoms with Crippen LogP contribution in [0.4, 0.5) is 10.8 Å². The van der Waals surface area contributed by atoms with Crippen LogP contribution in [-0.2, 0) is 11.3 Å². The van der Waals surface area contributed by atoms with Crippen LogP contribution in [0.5, 0.6) is 0 Å². The molecule has 1 aromatic carbocycles. The molecule has 1 amide bonds. The number of benzene rings is 1. The number of hydrogen-bond donors (Lipinski definition) is 1. The molecular weight excluding hydrogens is 380 g/mol. The average molecular weight is 407 g/mol. The molecule has 2 aliphatic heterocycles. The monoisotopic (exact) mass is 406 g/mol. The molecule has 0 bridgehead atoms. The highest BCUT2D eigenvalue weighted by Gasteiger charge is 2.40. The van der Waals surface area contributed by atoms with E-state index in [2.05, 4.69) is 15.6 Å². The van der Waals surface area contributed by atoms with Crippen molar-refractivity contribution in [1.29, 1.82) is 0 Å². The Hall–Kier alpha value is -1.47. The molecular formula is C20H27ClN4OS. The van der Waals surface area contributed by atoms with Gasteiger partial charge in [0.15, 0.2) is 5.13 Å². The first-order valence-electron chi connectivity index (χ1n) is 9.30. The maximum Gasteiger partial charge on any atom is 0.230 e. The zero-order valence-corrected chi connectivity index (χ0v) is 17.5. The van der Waals surface area contributed by atoms with Crippen LogP contribution in [0.15, 0.2) is 29.6 Å². The van der Waals surface area contributed by atoms with Crippen LogP contribution in [0, 0.1) is 12.3 Å². The number of carbonyl (C=O) groups excluding carboxylic acids is 1. The molecule has 0 aliphatic carbocycles. The fraction of sp³-hybridized carbons (Fsp3) is 0.500. The number of anilines is 2. The number of halogens is 1. The SMILES string of the molecule is CC(=O)N(c1ccc(C)cc1)c1nc(CN2CCC3(CCNC3)C2)cs1.Cl. The van der Waals surface area contributed by atoms with Gasteiger partial charge in [0.1, 0.15) is 0 Å². The van der Waals surface area contributed by atoms with Gasteiger partial charge in [0.05, 0.1) is 11.4 Å². The molecule has 1 unspecified atom stereocenters. The number of carbonyl (C=O) groups is 1. The quantitative estimate of drug-likeness (QED) is 0.840. The second-order valence-electron chi connectivity index (χ2n) is 7.70. The Morgan fingerprint density at radius 1 is 1.33 bits per heavy atom. The van der Waals surface area contributed by atoms with Gasteiger partial charge in [-0.15, -0.1) is 23.7 Å². The van der Waals surface area contributed by atoms with Crippen molar-refractivity contribution in [1.82, 2.24) is 15.2 Å². The lowest BCUT2D eigenvalue weighted by Gasteiger charge is -2.22. The zero-order valence-electron chi connectivity index (χ0n) is 15.9. The highest BCUT2D eigenvalue weighted by atomic mass is 35.5. The lowest BCUT2D eigenvalue weighted by Crippen LogP contribution is -2.29. The van der Waals surface area contributed by atoms with Gasteiger partial charge in [-0.2, -0.15) is 0 Å². The van der Waals surface area contributed by atoms with Crippen molar-refractivity contribution in [2.24, 2.45) is 5.41 Å². The largest absolute Gasteiger partial charge is 0.316 e. The lowest BCUT2D eigenvalue weighted by atomic mass is 9.87. The van der Waals surface area contributed by atoms with Gasteiger partial charge in [-0.25, -0.2) is 4.98 Å². The third-order valence-electron chi connectivity index (χ3n) is 5.57. The third-order valence-corrected chi connectivity index (χ3v) is 6.45. The maximum atomic E-state index is 12.2. The molecule has 0 radical (unpaired) electrons. The summed E-state index contributed by atoms with van der Waals surface area (Å²) < 4.78 is 0. The number of thiazole rings is 1. The predicted octanol–water partition coefficient (Wildman–Crippen LogP) is 3.74. The summed E-state index contributed by atoms with van der Waals surface area (Å²) >= 11 is 1.55. The average Bonchev–Trinajstić information content (AvgIpc) is 3.34. The van der Waals surface area contributed by atoms with E-state index in [4.69, 9.17) is 4.98 Å².